The van der Waals surface area contributed by atoms with Gasteiger partial charge in [0.1, 0.15) is 11.7 Å². The number of nitrogen functional groups attached to an aromatic ring is 1. The minimum absolute atomic E-state index is 0.169. The minimum atomic E-state index is -2.72. The molecule has 3 rings (SSSR count). The maximum atomic E-state index is 13.5. The highest BCUT2D eigenvalue weighted by Gasteiger charge is 2.39. The summed E-state index contributed by atoms with van der Waals surface area (Å²) in [6.45, 7) is -0.183. The zero-order chi connectivity index (χ0) is 15.7. The van der Waals surface area contributed by atoms with Gasteiger partial charge in [0.2, 0.25) is 0 Å². The number of alkyl halides is 2. The van der Waals surface area contributed by atoms with Crippen LogP contribution in [0.1, 0.15) is 12.0 Å². The monoisotopic (exact) mass is 302 g/mol. The molecule has 1 aliphatic heterocycles. The fraction of sp³-hybridized carbons (Fsp3) is 0.250. The first-order chi connectivity index (χ1) is 10.5. The molecule has 1 aromatic carbocycles. The summed E-state index contributed by atoms with van der Waals surface area (Å²) < 4.78 is 27.0. The first-order valence-corrected chi connectivity index (χ1v) is 6.99. The van der Waals surface area contributed by atoms with E-state index in [1.807, 2.05) is 30.3 Å². The number of nitrogens with zero attached hydrogens (tertiary/aromatic N) is 2. The summed E-state index contributed by atoms with van der Waals surface area (Å²) in [5, 5.41) is 7.85. The van der Waals surface area contributed by atoms with Crippen molar-refractivity contribution < 1.29 is 8.78 Å². The summed E-state index contributed by atoms with van der Waals surface area (Å²) in [4.78, 5) is 5.71. The van der Waals surface area contributed by atoms with Crippen LogP contribution >= 0.6 is 0 Å². The Hall–Kier alpha value is -2.50. The molecule has 0 unspecified atom stereocenters. The molecule has 114 valence electrons. The van der Waals surface area contributed by atoms with E-state index in [1.165, 1.54) is 4.90 Å². The first-order valence-electron chi connectivity index (χ1n) is 6.99. The van der Waals surface area contributed by atoms with Gasteiger partial charge in [-0.1, -0.05) is 30.3 Å². The Morgan fingerprint density at radius 3 is 2.55 bits per heavy atom. The van der Waals surface area contributed by atoms with E-state index in [9.17, 15) is 8.78 Å². The van der Waals surface area contributed by atoms with E-state index in [2.05, 4.69) is 4.98 Å². The van der Waals surface area contributed by atoms with Gasteiger partial charge in [0.15, 0.2) is 0 Å². The highest BCUT2D eigenvalue weighted by atomic mass is 19.3. The largest absolute Gasteiger partial charge is 0.384 e. The lowest BCUT2D eigenvalue weighted by molar-refractivity contribution is 0.0256. The van der Waals surface area contributed by atoms with Gasteiger partial charge in [-0.2, -0.15) is 0 Å². The zero-order valence-electron chi connectivity index (χ0n) is 11.9. The van der Waals surface area contributed by atoms with Crippen LogP contribution < -0.4 is 10.6 Å². The van der Waals surface area contributed by atoms with E-state index in [0.717, 1.165) is 11.1 Å². The second-order valence-electron chi connectivity index (χ2n) is 5.36. The molecule has 0 radical (unpaired) electrons. The molecule has 0 spiro atoms. The third-order valence-corrected chi connectivity index (χ3v) is 3.75. The lowest BCUT2D eigenvalue weighted by atomic mass is 10.00. The molecule has 2 aromatic rings. The van der Waals surface area contributed by atoms with Gasteiger partial charge in [-0.25, -0.2) is 13.8 Å². The Bertz CT molecular complexity index is 701. The second kappa shape index (κ2) is 5.36. The third-order valence-electron chi connectivity index (χ3n) is 3.75. The highest BCUT2D eigenvalue weighted by Crippen LogP contribution is 2.34. The van der Waals surface area contributed by atoms with Gasteiger partial charge in [-0.15, -0.1) is 0 Å². The van der Waals surface area contributed by atoms with Gasteiger partial charge in [-0.3, -0.25) is 5.41 Å². The lowest BCUT2D eigenvalue weighted by Crippen LogP contribution is -2.28. The topological polar surface area (TPSA) is 66.0 Å². The van der Waals surface area contributed by atoms with Gasteiger partial charge in [-0.05, 0) is 17.2 Å². The fourth-order valence-corrected chi connectivity index (χ4v) is 2.73. The van der Waals surface area contributed by atoms with Crippen LogP contribution in [0.4, 0.5) is 14.6 Å². The number of nitrogens with one attached hydrogen (secondary N) is 1. The standard InChI is InChI=1S/C16H16F2N4/c17-16(18)7-9-22(10-16)15-13(14(19)20)12(6-8-21-15)11-4-2-1-3-5-11/h1-6,8H,7,9-10H2,(H3,19,20). The molecular formula is C16H16F2N4. The number of aromatic nitrogens is 1. The number of pyridine rings is 1. The Labute approximate surface area is 127 Å². The molecule has 22 heavy (non-hydrogen) atoms. The van der Waals surface area contributed by atoms with Crippen LogP contribution in [0.5, 0.6) is 0 Å². The van der Waals surface area contributed by atoms with E-state index in [0.29, 0.717) is 11.4 Å². The number of hydrogen-bond acceptors (Lipinski definition) is 3. The van der Waals surface area contributed by atoms with Gasteiger partial charge in [0.25, 0.3) is 5.92 Å². The molecule has 1 aliphatic rings. The molecule has 0 saturated carbocycles. The van der Waals surface area contributed by atoms with E-state index < -0.39 is 12.5 Å². The van der Waals surface area contributed by atoms with E-state index in [4.69, 9.17) is 11.1 Å². The van der Waals surface area contributed by atoms with Crippen molar-refractivity contribution >= 4 is 11.7 Å². The van der Waals surface area contributed by atoms with Crippen LogP contribution in [0.2, 0.25) is 0 Å². The quantitative estimate of drug-likeness (QED) is 0.677. The van der Waals surface area contributed by atoms with E-state index in [1.54, 1.807) is 12.3 Å². The van der Waals surface area contributed by atoms with Crippen LogP contribution in [0.25, 0.3) is 11.1 Å². The number of halogens is 2. The molecule has 6 heteroatoms. The number of nitrogens with two attached hydrogens (primary N) is 1. The van der Waals surface area contributed by atoms with E-state index >= 15 is 0 Å². The summed E-state index contributed by atoms with van der Waals surface area (Å²) >= 11 is 0. The minimum Gasteiger partial charge on any atom is -0.384 e. The van der Waals surface area contributed by atoms with Crippen molar-refractivity contribution in [2.75, 3.05) is 18.0 Å². The SMILES string of the molecule is N=C(N)c1c(-c2ccccc2)ccnc1N1CCC(F)(F)C1. The molecule has 0 amide bonds. The summed E-state index contributed by atoms with van der Waals surface area (Å²) in [6, 6.07) is 11.2. The molecule has 1 aromatic heterocycles. The second-order valence-corrected chi connectivity index (χ2v) is 5.36. The maximum absolute atomic E-state index is 13.5. The lowest BCUT2D eigenvalue weighted by Gasteiger charge is -2.22. The molecule has 2 heterocycles. The Morgan fingerprint density at radius 1 is 1.23 bits per heavy atom. The van der Waals surface area contributed by atoms with Crippen molar-refractivity contribution in [3.63, 3.8) is 0 Å². The van der Waals surface area contributed by atoms with Gasteiger partial charge in [0.05, 0.1) is 12.1 Å². The zero-order valence-corrected chi connectivity index (χ0v) is 11.9. The van der Waals surface area contributed by atoms with Crippen LogP contribution in [0, 0.1) is 5.41 Å². The van der Waals surface area contributed by atoms with E-state index in [-0.39, 0.29) is 18.8 Å². The Balaban J connectivity index is 2.10. The van der Waals surface area contributed by atoms with Crippen LogP contribution in [0.15, 0.2) is 42.6 Å². The summed E-state index contributed by atoms with van der Waals surface area (Å²) in [6.07, 6.45) is 1.36. The summed E-state index contributed by atoms with van der Waals surface area (Å²) in [5.41, 5.74) is 7.73. The predicted molar refractivity (Wildman–Crippen MR) is 82.5 cm³/mol. The van der Waals surface area contributed by atoms with Crippen LogP contribution in [-0.4, -0.2) is 29.8 Å². The smallest absolute Gasteiger partial charge is 0.266 e. The van der Waals surface area contributed by atoms with Crippen molar-refractivity contribution in [1.29, 1.82) is 5.41 Å². The highest BCUT2D eigenvalue weighted by molar-refractivity contribution is 6.05. The first kappa shape index (κ1) is 14.4. The number of benzene rings is 1. The maximum Gasteiger partial charge on any atom is 0.266 e. The number of hydrogen-bond donors (Lipinski definition) is 2. The fourth-order valence-electron chi connectivity index (χ4n) is 2.73. The van der Waals surface area contributed by atoms with Crippen LogP contribution in [-0.2, 0) is 0 Å². The molecule has 1 saturated heterocycles. The van der Waals surface area contributed by atoms with Gasteiger partial charge >= 0.3 is 0 Å². The molecule has 0 aliphatic carbocycles. The molecule has 3 N–H and O–H groups in total. The predicted octanol–water partition coefficient (Wildman–Crippen LogP) is 2.88. The normalized spacial score (nSPS) is 16.7. The number of amidine groups is 1. The average molecular weight is 302 g/mol. The number of anilines is 1. The molecular weight excluding hydrogens is 286 g/mol. The van der Waals surface area contributed by atoms with Crippen molar-refractivity contribution in [3.8, 4) is 11.1 Å². The van der Waals surface area contributed by atoms with Crippen molar-refractivity contribution in [1.82, 2.24) is 4.98 Å². The molecule has 0 bridgehead atoms. The number of rotatable bonds is 3. The van der Waals surface area contributed by atoms with Crippen molar-refractivity contribution in [2.45, 2.75) is 12.3 Å². The third kappa shape index (κ3) is 2.64. The molecule has 4 nitrogen and oxygen atoms in total. The summed E-state index contributed by atoms with van der Waals surface area (Å²) in [5.74, 6) is -2.54. The van der Waals surface area contributed by atoms with Gasteiger partial charge in [0, 0.05) is 19.2 Å². The van der Waals surface area contributed by atoms with Crippen molar-refractivity contribution in [2.24, 2.45) is 5.73 Å². The molecule has 0 atom stereocenters. The Morgan fingerprint density at radius 2 is 1.95 bits per heavy atom. The van der Waals surface area contributed by atoms with Crippen molar-refractivity contribution in [3.05, 3.63) is 48.2 Å². The summed E-state index contributed by atoms with van der Waals surface area (Å²) in [7, 11) is 0. The molecule has 1 fully saturated rings. The van der Waals surface area contributed by atoms with Crippen LogP contribution in [0.3, 0.4) is 0 Å². The van der Waals surface area contributed by atoms with Gasteiger partial charge < -0.3 is 10.6 Å². The Kier molecular flexibility index (Phi) is 3.52. The average Bonchev–Trinajstić information content (AvgIpc) is 2.87.